The van der Waals surface area contributed by atoms with Crippen molar-refractivity contribution in [2.24, 2.45) is 5.73 Å². The average molecular weight is 255 g/mol. The van der Waals surface area contributed by atoms with E-state index in [0.29, 0.717) is 13.1 Å². The molecule has 1 aliphatic rings. The number of hydrogen-bond donors (Lipinski definition) is 1. The molecule has 0 amide bonds. The van der Waals surface area contributed by atoms with Crippen LogP contribution in [0.2, 0.25) is 0 Å². The third-order valence-electron chi connectivity index (χ3n) is 3.08. The van der Waals surface area contributed by atoms with Crippen molar-refractivity contribution < 1.29 is 8.42 Å². The van der Waals surface area contributed by atoms with Crippen LogP contribution in [0.25, 0.3) is 0 Å². The molecule has 2 rings (SSSR count). The van der Waals surface area contributed by atoms with Crippen molar-refractivity contribution in [3.63, 3.8) is 0 Å². The number of nitrogens with two attached hydrogens (primary N) is 1. The average Bonchev–Trinajstić information content (AvgIpc) is 2.33. The SMILES string of the molecule is NCC1CN(Cc2ccncc2)CCS1(=O)=O. The summed E-state index contributed by atoms with van der Waals surface area (Å²) in [6, 6.07) is 3.89. The van der Waals surface area contributed by atoms with Gasteiger partial charge in [0.1, 0.15) is 0 Å². The summed E-state index contributed by atoms with van der Waals surface area (Å²) in [5.74, 6) is 0.208. The zero-order valence-corrected chi connectivity index (χ0v) is 10.4. The van der Waals surface area contributed by atoms with Crippen LogP contribution in [0.3, 0.4) is 0 Å². The molecule has 1 atom stereocenters. The predicted octanol–water partition coefficient (Wildman–Crippen LogP) is -0.361. The highest BCUT2D eigenvalue weighted by atomic mass is 32.2. The molecule has 0 aromatic carbocycles. The summed E-state index contributed by atoms with van der Waals surface area (Å²) in [7, 11) is -2.98. The van der Waals surface area contributed by atoms with E-state index in [1.165, 1.54) is 0 Å². The van der Waals surface area contributed by atoms with Crippen LogP contribution < -0.4 is 5.73 Å². The minimum atomic E-state index is -2.98. The van der Waals surface area contributed by atoms with Crippen LogP contribution in [0.15, 0.2) is 24.5 Å². The highest BCUT2D eigenvalue weighted by Gasteiger charge is 2.31. The van der Waals surface area contributed by atoms with E-state index in [9.17, 15) is 8.42 Å². The van der Waals surface area contributed by atoms with Gasteiger partial charge in [-0.3, -0.25) is 9.88 Å². The van der Waals surface area contributed by atoms with Crippen LogP contribution in [0.4, 0.5) is 0 Å². The molecule has 0 saturated carbocycles. The van der Waals surface area contributed by atoms with Crippen LogP contribution >= 0.6 is 0 Å². The topological polar surface area (TPSA) is 76.3 Å². The molecular weight excluding hydrogens is 238 g/mol. The third kappa shape index (κ3) is 3.02. The predicted molar refractivity (Wildman–Crippen MR) is 66.1 cm³/mol. The van der Waals surface area contributed by atoms with Crippen LogP contribution in [-0.2, 0) is 16.4 Å². The molecule has 94 valence electrons. The van der Waals surface area contributed by atoms with Gasteiger partial charge in [0.2, 0.25) is 0 Å². The van der Waals surface area contributed by atoms with Gasteiger partial charge in [0.05, 0.1) is 11.0 Å². The first-order valence-corrected chi connectivity index (χ1v) is 7.36. The van der Waals surface area contributed by atoms with Crippen LogP contribution in [0, 0.1) is 0 Å². The maximum atomic E-state index is 11.7. The number of aromatic nitrogens is 1. The summed E-state index contributed by atoms with van der Waals surface area (Å²) in [4.78, 5) is 6.09. The molecule has 0 radical (unpaired) electrons. The first-order valence-electron chi connectivity index (χ1n) is 5.65. The highest BCUT2D eigenvalue weighted by molar-refractivity contribution is 7.92. The Morgan fingerprint density at radius 1 is 1.41 bits per heavy atom. The van der Waals surface area contributed by atoms with Crippen LogP contribution in [-0.4, -0.2) is 48.9 Å². The molecule has 0 bridgehead atoms. The lowest BCUT2D eigenvalue weighted by molar-refractivity contribution is 0.267. The van der Waals surface area contributed by atoms with Gasteiger partial charge in [0, 0.05) is 38.6 Å². The Labute approximate surface area is 102 Å². The first-order chi connectivity index (χ1) is 8.12. The Morgan fingerprint density at radius 2 is 2.12 bits per heavy atom. The van der Waals surface area contributed by atoms with E-state index in [2.05, 4.69) is 9.88 Å². The van der Waals surface area contributed by atoms with Crippen molar-refractivity contribution in [2.45, 2.75) is 11.8 Å². The van der Waals surface area contributed by atoms with Gasteiger partial charge in [0.25, 0.3) is 0 Å². The van der Waals surface area contributed by atoms with E-state index in [4.69, 9.17) is 5.73 Å². The van der Waals surface area contributed by atoms with Crippen molar-refractivity contribution in [3.05, 3.63) is 30.1 Å². The Hall–Kier alpha value is -0.980. The molecule has 1 aromatic rings. The molecular formula is C11H17N3O2S. The Balaban J connectivity index is 2.01. The monoisotopic (exact) mass is 255 g/mol. The minimum absolute atomic E-state index is 0.204. The van der Waals surface area contributed by atoms with Gasteiger partial charge in [-0.25, -0.2) is 8.42 Å². The summed E-state index contributed by atoms with van der Waals surface area (Å²) >= 11 is 0. The number of hydrogen-bond acceptors (Lipinski definition) is 5. The molecule has 2 heterocycles. The van der Waals surface area contributed by atoms with Gasteiger partial charge < -0.3 is 5.73 Å². The zero-order valence-electron chi connectivity index (χ0n) is 9.62. The van der Waals surface area contributed by atoms with Crippen molar-refractivity contribution in [1.82, 2.24) is 9.88 Å². The van der Waals surface area contributed by atoms with Gasteiger partial charge in [-0.2, -0.15) is 0 Å². The fourth-order valence-corrected chi connectivity index (χ4v) is 3.60. The molecule has 2 N–H and O–H groups in total. The number of sulfone groups is 1. The van der Waals surface area contributed by atoms with Gasteiger partial charge in [0.15, 0.2) is 9.84 Å². The summed E-state index contributed by atoms with van der Waals surface area (Å²) in [6.07, 6.45) is 3.49. The van der Waals surface area contributed by atoms with Crippen LogP contribution in [0.5, 0.6) is 0 Å². The first kappa shape index (κ1) is 12.5. The number of pyridine rings is 1. The van der Waals surface area contributed by atoms with Gasteiger partial charge >= 0.3 is 0 Å². The maximum absolute atomic E-state index is 11.7. The second-order valence-corrected chi connectivity index (χ2v) is 6.72. The summed E-state index contributed by atoms with van der Waals surface area (Å²) < 4.78 is 23.4. The van der Waals surface area contributed by atoms with Crippen LogP contribution in [0.1, 0.15) is 5.56 Å². The second-order valence-electron chi connectivity index (χ2n) is 4.32. The third-order valence-corrected chi connectivity index (χ3v) is 5.19. The molecule has 1 aromatic heterocycles. The molecule has 5 nitrogen and oxygen atoms in total. The Bertz CT molecular complexity index is 461. The van der Waals surface area contributed by atoms with E-state index in [0.717, 1.165) is 12.1 Å². The normalized spacial score (nSPS) is 24.6. The lowest BCUT2D eigenvalue weighted by Gasteiger charge is -2.31. The largest absolute Gasteiger partial charge is 0.329 e. The van der Waals surface area contributed by atoms with E-state index in [1.54, 1.807) is 12.4 Å². The standard InChI is InChI=1S/C11H17N3O2S/c12-7-11-9-14(5-6-17(11,15)16)8-10-1-3-13-4-2-10/h1-4,11H,5-9,12H2. The summed E-state index contributed by atoms with van der Waals surface area (Å²) in [5, 5.41) is -0.418. The smallest absolute Gasteiger partial charge is 0.156 e. The zero-order chi connectivity index (χ0) is 12.3. The fourth-order valence-electron chi connectivity index (χ4n) is 2.03. The summed E-state index contributed by atoms with van der Waals surface area (Å²) in [5.41, 5.74) is 6.67. The van der Waals surface area contributed by atoms with Gasteiger partial charge in [-0.05, 0) is 17.7 Å². The Morgan fingerprint density at radius 3 is 2.76 bits per heavy atom. The van der Waals surface area contributed by atoms with Crippen molar-refractivity contribution >= 4 is 9.84 Å². The van der Waals surface area contributed by atoms with Crippen molar-refractivity contribution in [1.29, 1.82) is 0 Å². The quantitative estimate of drug-likeness (QED) is 0.798. The summed E-state index contributed by atoms with van der Waals surface area (Å²) in [6.45, 7) is 2.08. The van der Waals surface area contributed by atoms with Crippen molar-refractivity contribution in [2.75, 3.05) is 25.4 Å². The second kappa shape index (κ2) is 5.12. The number of nitrogens with zero attached hydrogens (tertiary/aromatic N) is 2. The molecule has 17 heavy (non-hydrogen) atoms. The lowest BCUT2D eigenvalue weighted by Crippen LogP contribution is -2.49. The van der Waals surface area contributed by atoms with Gasteiger partial charge in [-0.1, -0.05) is 0 Å². The fraction of sp³-hybridized carbons (Fsp3) is 0.545. The number of rotatable bonds is 3. The van der Waals surface area contributed by atoms with E-state index >= 15 is 0 Å². The van der Waals surface area contributed by atoms with E-state index in [1.807, 2.05) is 12.1 Å². The molecule has 1 saturated heterocycles. The highest BCUT2D eigenvalue weighted by Crippen LogP contribution is 2.14. The van der Waals surface area contributed by atoms with E-state index < -0.39 is 15.1 Å². The molecule has 0 aliphatic carbocycles. The van der Waals surface area contributed by atoms with Gasteiger partial charge in [-0.15, -0.1) is 0 Å². The molecule has 1 unspecified atom stereocenters. The molecule has 1 fully saturated rings. The molecule has 1 aliphatic heterocycles. The van der Waals surface area contributed by atoms with E-state index in [-0.39, 0.29) is 12.3 Å². The molecule has 6 heteroatoms. The lowest BCUT2D eigenvalue weighted by atomic mass is 10.2. The van der Waals surface area contributed by atoms with Crippen molar-refractivity contribution in [3.8, 4) is 0 Å². The maximum Gasteiger partial charge on any atom is 0.156 e. The minimum Gasteiger partial charge on any atom is -0.329 e. The Kier molecular flexibility index (Phi) is 3.76. The molecule has 0 spiro atoms.